The van der Waals surface area contributed by atoms with Gasteiger partial charge in [0.15, 0.2) is 0 Å². The van der Waals surface area contributed by atoms with Crippen LogP contribution in [-0.2, 0) is 6.42 Å². The highest BCUT2D eigenvalue weighted by Gasteiger charge is 2.09. The molecule has 0 saturated heterocycles. The smallest absolute Gasteiger partial charge is 0.130 e. The maximum atomic E-state index is 13.2. The molecular formula is C10H9BrF2. The first-order valence-electron chi connectivity index (χ1n) is 3.78. The Labute approximate surface area is 84.4 Å². The predicted octanol–water partition coefficient (Wildman–Crippen LogP) is 3.85. The molecule has 0 amide bonds. The molecule has 0 saturated carbocycles. The van der Waals surface area contributed by atoms with Crippen LogP contribution in [0.2, 0.25) is 0 Å². The number of hydrogen-bond donors (Lipinski definition) is 0. The summed E-state index contributed by atoms with van der Waals surface area (Å²) in [5.74, 6) is -1.07. The summed E-state index contributed by atoms with van der Waals surface area (Å²) in [7, 11) is 0. The second-order valence-corrected chi connectivity index (χ2v) is 3.90. The average molecular weight is 247 g/mol. The van der Waals surface area contributed by atoms with Gasteiger partial charge in [0.1, 0.15) is 11.6 Å². The molecule has 0 aliphatic carbocycles. The summed E-state index contributed by atoms with van der Waals surface area (Å²) in [5.41, 5.74) is 0.816. The molecule has 0 aromatic heterocycles. The van der Waals surface area contributed by atoms with Crippen LogP contribution in [0, 0.1) is 11.6 Å². The van der Waals surface area contributed by atoms with Gasteiger partial charge in [-0.1, -0.05) is 28.1 Å². The highest BCUT2D eigenvalue weighted by Crippen LogP contribution is 2.21. The highest BCUT2D eigenvalue weighted by molar-refractivity contribution is 9.10. The maximum absolute atomic E-state index is 13.2. The molecule has 1 rings (SSSR count). The molecule has 0 aliphatic rings. The Morgan fingerprint density at radius 3 is 2.23 bits per heavy atom. The third-order valence-electron chi connectivity index (χ3n) is 1.58. The minimum atomic E-state index is -0.533. The van der Waals surface area contributed by atoms with Crippen LogP contribution in [0.4, 0.5) is 8.78 Å². The van der Waals surface area contributed by atoms with E-state index in [2.05, 4.69) is 22.5 Å². The maximum Gasteiger partial charge on any atom is 0.130 e. The lowest BCUT2D eigenvalue weighted by atomic mass is 10.1. The number of hydrogen-bond acceptors (Lipinski definition) is 0. The van der Waals surface area contributed by atoms with E-state index in [1.807, 2.05) is 0 Å². The number of allylic oxidation sites excluding steroid dienone is 1. The minimum absolute atomic E-state index is 0.0794. The molecule has 1 aromatic rings. The van der Waals surface area contributed by atoms with Crippen molar-refractivity contribution in [2.75, 3.05) is 0 Å². The summed E-state index contributed by atoms with van der Waals surface area (Å²) in [4.78, 5) is 0. The Bertz CT molecular complexity index is 322. The normalized spacial score (nSPS) is 10.2. The summed E-state index contributed by atoms with van der Waals surface area (Å²) >= 11 is 3.01. The quantitative estimate of drug-likeness (QED) is 0.696. The van der Waals surface area contributed by atoms with E-state index in [0.717, 1.165) is 5.57 Å². The van der Waals surface area contributed by atoms with Gasteiger partial charge in [-0.3, -0.25) is 0 Å². The Balaban J connectivity index is 3.13. The van der Waals surface area contributed by atoms with E-state index in [9.17, 15) is 8.78 Å². The Morgan fingerprint density at radius 1 is 1.38 bits per heavy atom. The van der Waals surface area contributed by atoms with E-state index >= 15 is 0 Å². The molecular weight excluding hydrogens is 238 g/mol. The van der Waals surface area contributed by atoms with Gasteiger partial charge in [0.25, 0.3) is 0 Å². The van der Waals surface area contributed by atoms with Crippen molar-refractivity contribution in [3.8, 4) is 0 Å². The van der Waals surface area contributed by atoms with Crippen molar-refractivity contribution in [3.63, 3.8) is 0 Å². The summed E-state index contributed by atoms with van der Waals surface area (Å²) in [5, 5.41) is 0. The highest BCUT2D eigenvalue weighted by atomic mass is 79.9. The fraction of sp³-hybridized carbons (Fsp3) is 0.200. The van der Waals surface area contributed by atoms with Gasteiger partial charge >= 0.3 is 0 Å². The molecule has 0 heterocycles. The van der Waals surface area contributed by atoms with Crippen molar-refractivity contribution in [2.45, 2.75) is 13.3 Å². The van der Waals surface area contributed by atoms with Gasteiger partial charge in [-0.15, -0.1) is 0 Å². The molecule has 0 atom stereocenters. The van der Waals surface area contributed by atoms with E-state index in [-0.39, 0.29) is 12.0 Å². The number of benzene rings is 1. The van der Waals surface area contributed by atoms with E-state index in [4.69, 9.17) is 0 Å². The van der Waals surface area contributed by atoms with E-state index < -0.39 is 11.6 Å². The molecule has 0 N–H and O–H groups in total. The summed E-state index contributed by atoms with van der Waals surface area (Å²) in [6.07, 6.45) is 0.241. The SMILES string of the molecule is C=C(C)Cc1c(F)cc(Br)cc1F. The zero-order valence-electron chi connectivity index (χ0n) is 7.20. The van der Waals surface area contributed by atoms with Crippen LogP contribution in [0.5, 0.6) is 0 Å². The zero-order chi connectivity index (χ0) is 10.0. The third kappa shape index (κ3) is 2.62. The van der Waals surface area contributed by atoms with Crippen LogP contribution < -0.4 is 0 Å². The number of rotatable bonds is 2. The van der Waals surface area contributed by atoms with Crippen LogP contribution in [0.3, 0.4) is 0 Å². The molecule has 1 aromatic carbocycles. The lowest BCUT2D eigenvalue weighted by Gasteiger charge is -2.04. The average Bonchev–Trinajstić information content (AvgIpc) is 1.96. The Morgan fingerprint density at radius 2 is 1.85 bits per heavy atom. The van der Waals surface area contributed by atoms with Gasteiger partial charge in [0.2, 0.25) is 0 Å². The lowest BCUT2D eigenvalue weighted by molar-refractivity contribution is 0.559. The van der Waals surface area contributed by atoms with Crippen LogP contribution >= 0.6 is 15.9 Å². The Kier molecular flexibility index (Phi) is 3.20. The van der Waals surface area contributed by atoms with Crippen molar-refractivity contribution >= 4 is 15.9 Å². The summed E-state index contributed by atoms with van der Waals surface area (Å²) < 4.78 is 26.7. The molecule has 3 heteroatoms. The molecule has 0 unspecified atom stereocenters. The van der Waals surface area contributed by atoms with Crippen molar-refractivity contribution in [2.24, 2.45) is 0 Å². The topological polar surface area (TPSA) is 0 Å². The number of halogens is 3. The van der Waals surface area contributed by atoms with Gasteiger partial charge < -0.3 is 0 Å². The van der Waals surface area contributed by atoms with E-state index in [0.29, 0.717) is 4.47 Å². The zero-order valence-corrected chi connectivity index (χ0v) is 8.79. The van der Waals surface area contributed by atoms with Crippen molar-refractivity contribution < 1.29 is 8.78 Å². The standard InChI is InChI=1S/C10H9BrF2/c1-6(2)3-8-9(12)4-7(11)5-10(8)13/h4-5H,1,3H2,2H3. The van der Waals surface area contributed by atoms with Crippen LogP contribution in [0.1, 0.15) is 12.5 Å². The van der Waals surface area contributed by atoms with E-state index in [1.54, 1.807) is 6.92 Å². The molecule has 0 spiro atoms. The second-order valence-electron chi connectivity index (χ2n) is 2.98. The van der Waals surface area contributed by atoms with Crippen LogP contribution in [0.25, 0.3) is 0 Å². The van der Waals surface area contributed by atoms with Gasteiger partial charge in [-0.25, -0.2) is 8.78 Å². The molecule has 70 valence electrons. The lowest BCUT2D eigenvalue weighted by Crippen LogP contribution is -1.96. The molecule has 0 radical (unpaired) electrons. The molecule has 0 aliphatic heterocycles. The second kappa shape index (κ2) is 4.01. The largest absolute Gasteiger partial charge is 0.207 e. The fourth-order valence-corrected chi connectivity index (χ4v) is 1.44. The first-order chi connectivity index (χ1) is 6.00. The Hall–Kier alpha value is -0.700. The van der Waals surface area contributed by atoms with Gasteiger partial charge in [-0.2, -0.15) is 0 Å². The molecule has 13 heavy (non-hydrogen) atoms. The van der Waals surface area contributed by atoms with Gasteiger partial charge in [0.05, 0.1) is 0 Å². The minimum Gasteiger partial charge on any atom is -0.207 e. The molecule has 0 fully saturated rings. The van der Waals surface area contributed by atoms with Crippen molar-refractivity contribution in [1.82, 2.24) is 0 Å². The summed E-state index contributed by atoms with van der Waals surface area (Å²) in [6, 6.07) is 2.50. The van der Waals surface area contributed by atoms with Crippen LogP contribution in [-0.4, -0.2) is 0 Å². The first-order valence-corrected chi connectivity index (χ1v) is 4.58. The van der Waals surface area contributed by atoms with Crippen molar-refractivity contribution in [1.29, 1.82) is 0 Å². The van der Waals surface area contributed by atoms with Gasteiger partial charge in [0, 0.05) is 10.0 Å². The van der Waals surface area contributed by atoms with E-state index in [1.165, 1.54) is 12.1 Å². The van der Waals surface area contributed by atoms with Crippen molar-refractivity contribution in [3.05, 3.63) is 46.0 Å². The van der Waals surface area contributed by atoms with Crippen LogP contribution in [0.15, 0.2) is 28.8 Å². The molecule has 0 nitrogen and oxygen atoms in total. The summed E-state index contributed by atoms with van der Waals surface area (Å²) in [6.45, 7) is 5.35. The van der Waals surface area contributed by atoms with Gasteiger partial charge in [-0.05, 0) is 25.5 Å². The third-order valence-corrected chi connectivity index (χ3v) is 2.04. The fourth-order valence-electron chi connectivity index (χ4n) is 1.04. The molecule has 0 bridgehead atoms. The predicted molar refractivity (Wildman–Crippen MR) is 52.6 cm³/mol. The first kappa shape index (κ1) is 10.4. The monoisotopic (exact) mass is 246 g/mol.